The van der Waals surface area contributed by atoms with E-state index in [-0.39, 0.29) is 11.9 Å². The standard InChI is InChI=1S/C27H35N5O3/c1-19(2)23-16-32(27(33)15-21-10-11-24(34-4)25(14-21)35-5)13-12-31(23)17-26(29-18-28)30-22-9-7-6-8-20(22)3/h6-11,14,19,23H,12-13,15-17H2,1-5H3,(H,29,30)/t23-/m1/s1. The number of ether oxygens (including phenoxy) is 2. The number of carbonyl (C=O) groups excluding carboxylic acids is 1. The van der Waals surface area contributed by atoms with Gasteiger partial charge in [-0.1, -0.05) is 38.1 Å². The van der Waals surface area contributed by atoms with E-state index in [1.165, 1.54) is 0 Å². The Morgan fingerprint density at radius 1 is 1.17 bits per heavy atom. The maximum atomic E-state index is 13.2. The van der Waals surface area contributed by atoms with Gasteiger partial charge in [0.1, 0.15) is 5.84 Å². The topological polar surface area (TPSA) is 90.2 Å². The van der Waals surface area contributed by atoms with Gasteiger partial charge in [-0.15, -0.1) is 0 Å². The van der Waals surface area contributed by atoms with Crippen molar-refractivity contribution >= 4 is 17.4 Å². The second kappa shape index (κ2) is 12.2. The van der Waals surface area contributed by atoms with Gasteiger partial charge in [0.2, 0.25) is 12.1 Å². The van der Waals surface area contributed by atoms with Crippen LogP contribution in [0.15, 0.2) is 47.5 Å². The van der Waals surface area contributed by atoms with Crippen molar-refractivity contribution in [1.82, 2.24) is 9.80 Å². The Hall–Kier alpha value is -3.57. The summed E-state index contributed by atoms with van der Waals surface area (Å²) >= 11 is 0. The van der Waals surface area contributed by atoms with Gasteiger partial charge in [0.05, 0.1) is 27.2 Å². The van der Waals surface area contributed by atoms with Crippen LogP contribution in [0.4, 0.5) is 5.69 Å². The summed E-state index contributed by atoms with van der Waals surface area (Å²) in [6.45, 7) is 8.83. The first-order valence-electron chi connectivity index (χ1n) is 11.9. The van der Waals surface area contributed by atoms with Gasteiger partial charge in [-0.05, 0) is 42.2 Å². The number of piperazine rings is 1. The average molecular weight is 478 g/mol. The van der Waals surface area contributed by atoms with Gasteiger partial charge in [-0.2, -0.15) is 10.3 Å². The maximum Gasteiger partial charge on any atom is 0.227 e. The Labute approximate surface area is 208 Å². The minimum Gasteiger partial charge on any atom is -0.493 e. The molecule has 1 atom stereocenters. The Balaban J connectivity index is 1.68. The minimum absolute atomic E-state index is 0.0893. The van der Waals surface area contributed by atoms with Gasteiger partial charge < -0.3 is 19.7 Å². The molecule has 1 saturated heterocycles. The average Bonchev–Trinajstić information content (AvgIpc) is 2.85. The van der Waals surface area contributed by atoms with Crippen LogP contribution >= 0.6 is 0 Å². The van der Waals surface area contributed by atoms with Gasteiger partial charge in [0.25, 0.3) is 0 Å². The molecule has 1 fully saturated rings. The number of methoxy groups -OCH3 is 2. The summed E-state index contributed by atoms with van der Waals surface area (Å²) < 4.78 is 10.7. The van der Waals surface area contributed by atoms with Crippen molar-refractivity contribution < 1.29 is 14.3 Å². The molecule has 2 aromatic rings. The second-order valence-electron chi connectivity index (χ2n) is 9.09. The zero-order valence-corrected chi connectivity index (χ0v) is 21.2. The Kier molecular flexibility index (Phi) is 9.10. The molecule has 186 valence electrons. The predicted octanol–water partition coefficient (Wildman–Crippen LogP) is 3.72. The van der Waals surface area contributed by atoms with Crippen LogP contribution in [0.5, 0.6) is 11.5 Å². The van der Waals surface area contributed by atoms with Crippen molar-refractivity contribution in [3.63, 3.8) is 0 Å². The zero-order valence-electron chi connectivity index (χ0n) is 21.2. The van der Waals surface area contributed by atoms with Crippen LogP contribution in [-0.2, 0) is 11.2 Å². The van der Waals surface area contributed by atoms with E-state index < -0.39 is 0 Å². The fraction of sp³-hybridized carbons (Fsp3) is 0.444. The summed E-state index contributed by atoms with van der Waals surface area (Å²) in [6.07, 6.45) is 2.23. The predicted molar refractivity (Wildman–Crippen MR) is 138 cm³/mol. The van der Waals surface area contributed by atoms with E-state index in [4.69, 9.17) is 9.47 Å². The van der Waals surface area contributed by atoms with Crippen LogP contribution in [0.3, 0.4) is 0 Å². The van der Waals surface area contributed by atoms with Gasteiger partial charge >= 0.3 is 0 Å². The fourth-order valence-corrected chi connectivity index (χ4v) is 4.40. The number of nitrogens with one attached hydrogen (secondary N) is 1. The van der Waals surface area contributed by atoms with E-state index in [1.807, 2.05) is 60.5 Å². The fourth-order valence-electron chi connectivity index (χ4n) is 4.40. The summed E-state index contributed by atoms with van der Waals surface area (Å²) in [4.78, 5) is 21.5. The van der Waals surface area contributed by atoms with E-state index in [2.05, 4.69) is 29.1 Å². The summed E-state index contributed by atoms with van der Waals surface area (Å²) in [5.41, 5.74) is 2.91. The van der Waals surface area contributed by atoms with E-state index >= 15 is 0 Å². The van der Waals surface area contributed by atoms with E-state index in [0.29, 0.717) is 55.9 Å². The van der Waals surface area contributed by atoms with Gasteiger partial charge in [0, 0.05) is 31.4 Å². The third-order valence-corrected chi connectivity index (χ3v) is 6.42. The van der Waals surface area contributed by atoms with E-state index in [9.17, 15) is 10.1 Å². The number of amidine groups is 1. The molecule has 35 heavy (non-hydrogen) atoms. The highest BCUT2D eigenvalue weighted by atomic mass is 16.5. The third-order valence-electron chi connectivity index (χ3n) is 6.42. The highest BCUT2D eigenvalue weighted by molar-refractivity contribution is 5.98. The Bertz CT molecular complexity index is 1090. The first kappa shape index (κ1) is 26.0. The number of amides is 1. The molecule has 0 saturated carbocycles. The number of aliphatic imine (C=N–C) groups is 1. The summed E-state index contributed by atoms with van der Waals surface area (Å²) in [6, 6.07) is 13.7. The summed E-state index contributed by atoms with van der Waals surface area (Å²) in [5, 5.41) is 12.6. The molecule has 3 rings (SSSR count). The van der Waals surface area contributed by atoms with Gasteiger partial charge in [-0.3, -0.25) is 9.69 Å². The molecular weight excluding hydrogens is 442 g/mol. The number of benzene rings is 2. The van der Waals surface area contributed by atoms with Gasteiger partial charge in [0.15, 0.2) is 11.5 Å². The molecule has 8 nitrogen and oxygen atoms in total. The van der Waals surface area contributed by atoms with Crippen molar-refractivity contribution in [1.29, 1.82) is 5.26 Å². The first-order valence-corrected chi connectivity index (χ1v) is 11.9. The van der Waals surface area contributed by atoms with E-state index in [1.54, 1.807) is 14.2 Å². The quantitative estimate of drug-likeness (QED) is 0.354. The van der Waals surface area contributed by atoms with Crippen molar-refractivity contribution in [2.75, 3.05) is 45.7 Å². The highest BCUT2D eigenvalue weighted by Crippen LogP contribution is 2.28. The van der Waals surface area contributed by atoms with E-state index in [0.717, 1.165) is 16.8 Å². The molecule has 2 aromatic carbocycles. The number of aryl methyl sites for hydroxylation is 1. The van der Waals surface area contributed by atoms with Crippen LogP contribution in [-0.4, -0.2) is 68.0 Å². The maximum absolute atomic E-state index is 13.2. The van der Waals surface area contributed by atoms with Crippen molar-refractivity contribution in [2.45, 2.75) is 33.2 Å². The van der Waals surface area contributed by atoms with Crippen molar-refractivity contribution in [2.24, 2.45) is 10.9 Å². The lowest BCUT2D eigenvalue weighted by atomic mass is 9.98. The molecule has 0 unspecified atom stereocenters. The lowest BCUT2D eigenvalue weighted by Crippen LogP contribution is -2.58. The molecule has 1 heterocycles. The summed E-state index contributed by atoms with van der Waals surface area (Å²) in [5.74, 6) is 2.29. The first-order chi connectivity index (χ1) is 16.9. The van der Waals surface area contributed by atoms with Crippen molar-refractivity contribution in [3.05, 3.63) is 53.6 Å². The summed E-state index contributed by atoms with van der Waals surface area (Å²) in [7, 11) is 3.19. The number of para-hydroxylation sites is 1. The largest absolute Gasteiger partial charge is 0.493 e. The molecule has 0 aromatic heterocycles. The van der Waals surface area contributed by atoms with Crippen LogP contribution in [0.2, 0.25) is 0 Å². The Morgan fingerprint density at radius 2 is 1.91 bits per heavy atom. The lowest BCUT2D eigenvalue weighted by Gasteiger charge is -2.43. The van der Waals surface area contributed by atoms with Crippen molar-refractivity contribution in [3.8, 4) is 17.7 Å². The Morgan fingerprint density at radius 3 is 2.57 bits per heavy atom. The number of rotatable bonds is 8. The molecular formula is C27H35N5O3. The lowest BCUT2D eigenvalue weighted by molar-refractivity contribution is -0.133. The number of hydrogen-bond acceptors (Lipinski definition) is 6. The smallest absolute Gasteiger partial charge is 0.227 e. The normalized spacial score (nSPS) is 16.7. The van der Waals surface area contributed by atoms with Crippen LogP contribution in [0.25, 0.3) is 0 Å². The molecule has 8 heteroatoms. The number of carbonyl (C=O) groups is 1. The molecule has 0 aliphatic carbocycles. The molecule has 1 aliphatic heterocycles. The number of hydrogen-bond donors (Lipinski definition) is 1. The minimum atomic E-state index is 0.0893. The third kappa shape index (κ3) is 6.74. The molecule has 0 radical (unpaired) electrons. The highest BCUT2D eigenvalue weighted by Gasteiger charge is 2.32. The number of nitrogens with zero attached hydrogens (tertiary/aromatic N) is 4. The monoisotopic (exact) mass is 477 g/mol. The number of nitriles is 1. The zero-order chi connectivity index (χ0) is 25.4. The SMILES string of the molecule is COc1ccc(CC(=O)N2CCN(C/C(=N\C#N)Nc3ccccc3C)[C@@H](C(C)C)C2)cc1OC. The van der Waals surface area contributed by atoms with Crippen LogP contribution < -0.4 is 14.8 Å². The molecule has 0 spiro atoms. The second-order valence-corrected chi connectivity index (χ2v) is 9.09. The van der Waals surface area contributed by atoms with Crippen LogP contribution in [0.1, 0.15) is 25.0 Å². The molecule has 0 bridgehead atoms. The molecule has 1 amide bonds. The van der Waals surface area contributed by atoms with Gasteiger partial charge in [-0.25, -0.2) is 0 Å². The number of anilines is 1. The van der Waals surface area contributed by atoms with Crippen LogP contribution in [0, 0.1) is 24.3 Å². The molecule has 1 aliphatic rings. The molecule has 1 N–H and O–H groups in total.